The number of hydrogen-bond donors (Lipinski definition) is 0. The Morgan fingerprint density at radius 1 is 0.571 bits per heavy atom. The Morgan fingerprint density at radius 3 is 1.93 bits per heavy atom. The van der Waals surface area contributed by atoms with Crippen LogP contribution in [0.5, 0.6) is 0 Å². The summed E-state index contributed by atoms with van der Waals surface area (Å²) in [5, 5.41) is 3.96. The number of para-hydroxylation sites is 3. The van der Waals surface area contributed by atoms with E-state index < -0.39 is 0 Å². The van der Waals surface area contributed by atoms with Crippen LogP contribution in [0.4, 0.5) is 11.4 Å². The van der Waals surface area contributed by atoms with Gasteiger partial charge < -0.3 is 4.42 Å². The number of aromatic nitrogens is 4. The van der Waals surface area contributed by atoms with Crippen molar-refractivity contribution in [1.82, 2.24) is 19.5 Å². The SMILES string of the molecule is [C-]#[N+]c1ccc(-c2nc(-c3cccc4c3oc3ccc([N+]#[C-])cc34)nc(-n3c4ccccc4c4ccccc43)n2)cc1. The molecule has 3 aromatic heterocycles. The Hall–Kier alpha value is -6.31. The van der Waals surface area contributed by atoms with Crippen LogP contribution in [0.25, 0.3) is 82.2 Å². The first-order valence-electron chi connectivity index (χ1n) is 13.3. The zero-order chi connectivity index (χ0) is 28.2. The van der Waals surface area contributed by atoms with Gasteiger partial charge in [0.1, 0.15) is 11.2 Å². The molecule has 0 amide bonds. The number of nitrogens with zero attached hydrogens (tertiary/aromatic N) is 6. The van der Waals surface area contributed by atoms with Crippen LogP contribution in [0.1, 0.15) is 0 Å². The molecular weight excluding hydrogens is 520 g/mol. The summed E-state index contributed by atoms with van der Waals surface area (Å²) in [6, 6.07) is 35.0. The standard InChI is InChI=1S/C35H18N6O/c1-36-22-16-14-21(15-17-22)33-38-34(27-11-7-10-26-28-20-23(37-2)18-19-31(28)42-32(26)27)40-35(39-33)41-29-12-5-3-8-24(29)25-9-4-6-13-30(25)41/h3-20H. The zero-order valence-electron chi connectivity index (χ0n) is 22.0. The molecule has 0 aliphatic carbocycles. The Morgan fingerprint density at radius 2 is 1.21 bits per heavy atom. The van der Waals surface area contributed by atoms with E-state index >= 15 is 0 Å². The van der Waals surface area contributed by atoms with E-state index in [9.17, 15) is 0 Å². The molecule has 0 aliphatic heterocycles. The Balaban J connectivity index is 1.44. The predicted octanol–water partition coefficient (Wildman–Crippen LogP) is 9.30. The van der Waals surface area contributed by atoms with Gasteiger partial charge in [0.15, 0.2) is 23.0 Å². The van der Waals surface area contributed by atoms with Crippen molar-refractivity contribution in [3.8, 4) is 28.7 Å². The predicted molar refractivity (Wildman–Crippen MR) is 165 cm³/mol. The van der Waals surface area contributed by atoms with Crippen LogP contribution in [0, 0.1) is 13.1 Å². The van der Waals surface area contributed by atoms with E-state index in [2.05, 4.69) is 38.5 Å². The van der Waals surface area contributed by atoms with Crippen LogP contribution in [-0.2, 0) is 0 Å². The molecule has 0 radical (unpaired) electrons. The molecule has 0 atom stereocenters. The van der Waals surface area contributed by atoms with Crippen molar-refractivity contribution in [2.45, 2.75) is 0 Å². The zero-order valence-corrected chi connectivity index (χ0v) is 22.0. The average Bonchev–Trinajstić information content (AvgIpc) is 3.60. The third-order valence-corrected chi connectivity index (χ3v) is 7.51. The van der Waals surface area contributed by atoms with E-state index in [1.54, 1.807) is 18.2 Å². The molecule has 3 heterocycles. The monoisotopic (exact) mass is 538 g/mol. The number of hydrogen-bond acceptors (Lipinski definition) is 4. The van der Waals surface area contributed by atoms with Crippen molar-refractivity contribution in [2.75, 3.05) is 0 Å². The Bertz CT molecular complexity index is 2380. The van der Waals surface area contributed by atoms with Crippen LogP contribution in [0.3, 0.4) is 0 Å². The molecule has 0 bridgehead atoms. The molecule has 7 nitrogen and oxygen atoms in total. The Kier molecular flexibility index (Phi) is 5.12. The molecule has 194 valence electrons. The highest BCUT2D eigenvalue weighted by Gasteiger charge is 2.20. The van der Waals surface area contributed by atoms with E-state index in [1.807, 2.05) is 66.7 Å². The lowest BCUT2D eigenvalue weighted by Gasteiger charge is -2.11. The summed E-state index contributed by atoms with van der Waals surface area (Å²) in [4.78, 5) is 22.1. The largest absolute Gasteiger partial charge is 0.455 e. The molecule has 8 aromatic rings. The molecule has 7 heteroatoms. The fourth-order valence-electron chi connectivity index (χ4n) is 5.57. The van der Waals surface area contributed by atoms with E-state index in [0.29, 0.717) is 40.1 Å². The van der Waals surface area contributed by atoms with E-state index in [1.165, 1.54) is 0 Å². The molecule has 42 heavy (non-hydrogen) atoms. The molecule has 0 N–H and O–H groups in total. The molecule has 0 saturated heterocycles. The topological polar surface area (TPSA) is 65.5 Å². The minimum atomic E-state index is 0.459. The van der Waals surface area contributed by atoms with Gasteiger partial charge in [-0.25, -0.2) is 14.7 Å². The first-order chi connectivity index (χ1) is 20.7. The average molecular weight is 539 g/mol. The van der Waals surface area contributed by atoms with Crippen molar-refractivity contribution in [1.29, 1.82) is 0 Å². The maximum atomic E-state index is 7.44. The fourth-order valence-corrected chi connectivity index (χ4v) is 5.57. The van der Waals surface area contributed by atoms with Gasteiger partial charge in [-0.15, -0.1) is 0 Å². The highest BCUT2D eigenvalue weighted by molar-refractivity contribution is 6.10. The lowest BCUT2D eigenvalue weighted by atomic mass is 10.1. The normalized spacial score (nSPS) is 11.3. The van der Waals surface area contributed by atoms with Crippen molar-refractivity contribution in [2.24, 2.45) is 0 Å². The highest BCUT2D eigenvalue weighted by atomic mass is 16.3. The summed E-state index contributed by atoms with van der Waals surface area (Å²) < 4.78 is 8.40. The van der Waals surface area contributed by atoms with Gasteiger partial charge in [0.2, 0.25) is 5.95 Å². The highest BCUT2D eigenvalue weighted by Crippen LogP contribution is 2.38. The molecule has 0 spiro atoms. The minimum Gasteiger partial charge on any atom is -0.455 e. The quantitative estimate of drug-likeness (QED) is 0.210. The van der Waals surface area contributed by atoms with Crippen molar-refractivity contribution < 1.29 is 4.42 Å². The van der Waals surface area contributed by atoms with Gasteiger partial charge in [0, 0.05) is 27.1 Å². The van der Waals surface area contributed by atoms with Crippen LogP contribution in [0.2, 0.25) is 0 Å². The second-order valence-corrected chi connectivity index (χ2v) is 9.89. The molecule has 0 aliphatic rings. The summed E-state index contributed by atoms with van der Waals surface area (Å²) in [6.07, 6.45) is 0. The van der Waals surface area contributed by atoms with E-state index in [4.69, 9.17) is 32.5 Å². The van der Waals surface area contributed by atoms with Gasteiger partial charge >= 0.3 is 0 Å². The maximum absolute atomic E-state index is 7.44. The van der Waals surface area contributed by atoms with Gasteiger partial charge in [-0.05, 0) is 30.3 Å². The second-order valence-electron chi connectivity index (χ2n) is 9.89. The molecule has 0 fully saturated rings. The number of furan rings is 1. The summed E-state index contributed by atoms with van der Waals surface area (Å²) in [6.45, 7) is 14.8. The number of rotatable bonds is 3. The Labute approximate surface area is 239 Å². The van der Waals surface area contributed by atoms with Gasteiger partial charge in [0.05, 0.1) is 29.7 Å². The third kappa shape index (κ3) is 3.55. The first kappa shape index (κ1) is 23.6. The number of benzene rings is 5. The first-order valence-corrected chi connectivity index (χ1v) is 13.3. The van der Waals surface area contributed by atoms with Gasteiger partial charge in [0.25, 0.3) is 0 Å². The maximum Gasteiger partial charge on any atom is 0.238 e. The summed E-state index contributed by atoms with van der Waals surface area (Å²) >= 11 is 0. The number of fused-ring (bicyclic) bond motifs is 6. The van der Waals surface area contributed by atoms with Gasteiger partial charge in [-0.3, -0.25) is 4.57 Å². The van der Waals surface area contributed by atoms with E-state index in [-0.39, 0.29) is 0 Å². The smallest absolute Gasteiger partial charge is 0.238 e. The van der Waals surface area contributed by atoms with Crippen LogP contribution < -0.4 is 0 Å². The summed E-state index contributed by atoms with van der Waals surface area (Å²) in [5.41, 5.74) is 5.89. The lowest BCUT2D eigenvalue weighted by Crippen LogP contribution is -2.06. The molecular formula is C35H18N6O. The van der Waals surface area contributed by atoms with Crippen molar-refractivity contribution >= 4 is 55.1 Å². The van der Waals surface area contributed by atoms with Gasteiger partial charge in [-0.2, -0.15) is 9.97 Å². The molecule has 0 unspecified atom stereocenters. The third-order valence-electron chi connectivity index (χ3n) is 7.51. The second kappa shape index (κ2) is 9.12. The molecule has 0 saturated carbocycles. The lowest BCUT2D eigenvalue weighted by molar-refractivity contribution is 0.669. The van der Waals surface area contributed by atoms with Crippen molar-refractivity contribution in [3.05, 3.63) is 132 Å². The fraction of sp³-hybridized carbons (Fsp3) is 0. The summed E-state index contributed by atoms with van der Waals surface area (Å²) in [7, 11) is 0. The van der Waals surface area contributed by atoms with Crippen LogP contribution in [0.15, 0.2) is 114 Å². The van der Waals surface area contributed by atoms with Gasteiger partial charge in [-0.1, -0.05) is 78.9 Å². The molecule has 8 rings (SSSR count). The summed E-state index contributed by atoms with van der Waals surface area (Å²) in [5.74, 6) is 1.42. The minimum absolute atomic E-state index is 0.459. The van der Waals surface area contributed by atoms with Crippen LogP contribution in [-0.4, -0.2) is 19.5 Å². The van der Waals surface area contributed by atoms with E-state index in [0.717, 1.165) is 43.7 Å². The van der Waals surface area contributed by atoms with Crippen molar-refractivity contribution in [3.63, 3.8) is 0 Å². The van der Waals surface area contributed by atoms with Crippen LogP contribution >= 0.6 is 0 Å². The molecule has 5 aromatic carbocycles.